The van der Waals surface area contributed by atoms with E-state index >= 15 is 0 Å². The molecule has 182 valence electrons. The van der Waals surface area contributed by atoms with Gasteiger partial charge < -0.3 is 25.8 Å². The number of rotatable bonds is 8. The van der Waals surface area contributed by atoms with Gasteiger partial charge >= 0.3 is 0 Å². The number of hydrogen-bond acceptors (Lipinski definition) is 7. The molecule has 1 saturated heterocycles. The van der Waals surface area contributed by atoms with E-state index in [9.17, 15) is 4.39 Å². The highest BCUT2D eigenvalue weighted by Crippen LogP contribution is 2.24. The molecule has 4 N–H and O–H groups in total. The molecule has 0 unspecified atom stereocenters. The number of aromatic nitrogens is 4. The first-order chi connectivity index (χ1) is 17.1. The average molecular weight is 495 g/mol. The first-order valence-electron chi connectivity index (χ1n) is 11.8. The van der Waals surface area contributed by atoms with E-state index in [0.717, 1.165) is 61.6 Å². The number of para-hydroxylation sites is 2. The topological polar surface area (TPSA) is 96.9 Å². The molecular formula is C25H28ClFN8. The van der Waals surface area contributed by atoms with Gasteiger partial charge in [0.25, 0.3) is 0 Å². The fraction of sp³-hybridized carbons (Fsp3) is 0.320. The number of nitrogens with one attached hydrogen (secondary N) is 2. The van der Waals surface area contributed by atoms with Crippen LogP contribution in [-0.2, 0) is 6.54 Å². The van der Waals surface area contributed by atoms with Crippen LogP contribution in [0.3, 0.4) is 0 Å². The lowest BCUT2D eigenvalue weighted by molar-refractivity contribution is 0.226. The summed E-state index contributed by atoms with van der Waals surface area (Å²) in [4.78, 5) is 15.3. The number of hydrogen-bond donors (Lipinski definition) is 3. The quantitative estimate of drug-likeness (QED) is 0.315. The van der Waals surface area contributed by atoms with E-state index in [1.54, 1.807) is 0 Å². The van der Waals surface area contributed by atoms with Crippen LogP contribution in [0.25, 0.3) is 11.0 Å². The lowest BCUT2D eigenvalue weighted by atomic mass is 10.1. The Hall–Kier alpha value is -3.43. The van der Waals surface area contributed by atoms with Gasteiger partial charge in [-0.3, -0.25) is 0 Å². The summed E-state index contributed by atoms with van der Waals surface area (Å²) in [5.41, 5.74) is 9.34. The van der Waals surface area contributed by atoms with Crippen LogP contribution in [0, 0.1) is 5.82 Å². The highest BCUT2D eigenvalue weighted by molar-refractivity contribution is 6.32. The molecule has 0 bridgehead atoms. The molecule has 0 aliphatic carbocycles. The molecule has 5 rings (SSSR count). The molecule has 2 aromatic carbocycles. The molecule has 3 heterocycles. The Morgan fingerprint density at radius 3 is 2.63 bits per heavy atom. The van der Waals surface area contributed by atoms with E-state index in [0.29, 0.717) is 24.1 Å². The van der Waals surface area contributed by atoms with Gasteiger partial charge in [0.05, 0.1) is 17.6 Å². The van der Waals surface area contributed by atoms with Crippen LogP contribution in [0.1, 0.15) is 18.4 Å². The summed E-state index contributed by atoms with van der Waals surface area (Å²) in [6.45, 7) is 4.21. The molecule has 10 heteroatoms. The lowest BCUT2D eigenvalue weighted by Crippen LogP contribution is -2.41. The Labute approximate surface area is 208 Å². The van der Waals surface area contributed by atoms with Gasteiger partial charge in [0.1, 0.15) is 17.8 Å². The van der Waals surface area contributed by atoms with Gasteiger partial charge in [0, 0.05) is 32.2 Å². The maximum absolute atomic E-state index is 13.4. The van der Waals surface area contributed by atoms with Crippen molar-refractivity contribution in [1.82, 2.24) is 24.4 Å². The fourth-order valence-corrected chi connectivity index (χ4v) is 4.58. The smallest absolute Gasteiger partial charge is 0.204 e. The molecule has 0 spiro atoms. The van der Waals surface area contributed by atoms with Crippen molar-refractivity contribution in [2.75, 3.05) is 42.5 Å². The Bertz CT molecular complexity index is 1280. The second-order valence-electron chi connectivity index (χ2n) is 8.75. The molecule has 0 radical (unpaired) electrons. The minimum Gasteiger partial charge on any atom is -0.393 e. The molecular weight excluding hydrogens is 467 g/mol. The molecule has 0 atom stereocenters. The SMILES string of the molecule is Nc1c(Cl)ncnc1NCCN1CCC(Nc2nc3ccccc3n2Cc2ccc(F)cc2)CC1. The summed E-state index contributed by atoms with van der Waals surface area (Å²) in [7, 11) is 0. The van der Waals surface area contributed by atoms with E-state index < -0.39 is 0 Å². The third-order valence-electron chi connectivity index (χ3n) is 6.39. The second kappa shape index (κ2) is 10.5. The van der Waals surface area contributed by atoms with E-state index in [2.05, 4.69) is 36.1 Å². The van der Waals surface area contributed by atoms with Crippen molar-refractivity contribution in [3.63, 3.8) is 0 Å². The number of nitrogens with two attached hydrogens (primary N) is 1. The van der Waals surface area contributed by atoms with Gasteiger partial charge in [0.15, 0.2) is 11.0 Å². The molecule has 0 saturated carbocycles. The van der Waals surface area contributed by atoms with Crippen molar-refractivity contribution in [2.45, 2.75) is 25.4 Å². The number of anilines is 3. The zero-order valence-corrected chi connectivity index (χ0v) is 20.0. The number of likely N-dealkylation sites (tertiary alicyclic amines) is 1. The van der Waals surface area contributed by atoms with E-state index in [4.69, 9.17) is 22.3 Å². The van der Waals surface area contributed by atoms with Gasteiger partial charge in [-0.25, -0.2) is 19.3 Å². The summed E-state index contributed by atoms with van der Waals surface area (Å²) in [6, 6.07) is 15.1. The van der Waals surface area contributed by atoms with Gasteiger partial charge in [-0.05, 0) is 42.7 Å². The van der Waals surface area contributed by atoms with Crippen LogP contribution in [-0.4, -0.2) is 56.6 Å². The van der Waals surface area contributed by atoms with Crippen LogP contribution < -0.4 is 16.4 Å². The molecule has 35 heavy (non-hydrogen) atoms. The van der Waals surface area contributed by atoms with Gasteiger partial charge in [-0.2, -0.15) is 0 Å². The van der Waals surface area contributed by atoms with Crippen molar-refractivity contribution in [1.29, 1.82) is 0 Å². The van der Waals surface area contributed by atoms with Crippen molar-refractivity contribution >= 4 is 40.1 Å². The zero-order chi connectivity index (χ0) is 24.2. The Morgan fingerprint density at radius 2 is 1.83 bits per heavy atom. The van der Waals surface area contributed by atoms with Crippen LogP contribution >= 0.6 is 11.6 Å². The standard InChI is InChI=1S/C25H28ClFN8/c26-23-22(28)24(31-16-30-23)29-11-14-34-12-9-19(10-13-34)32-25-33-20-3-1-2-4-21(20)35(25)15-17-5-7-18(27)8-6-17/h1-8,16,19H,9-15,28H2,(H,32,33)(H,29,30,31). The molecule has 1 aliphatic heterocycles. The predicted octanol–water partition coefficient (Wildman–Crippen LogP) is 4.24. The van der Waals surface area contributed by atoms with Gasteiger partial charge in [0.2, 0.25) is 5.95 Å². The van der Waals surface area contributed by atoms with Crippen molar-refractivity contribution in [3.05, 3.63) is 71.4 Å². The molecule has 1 fully saturated rings. The highest BCUT2D eigenvalue weighted by atomic mass is 35.5. The molecule has 8 nitrogen and oxygen atoms in total. The predicted molar refractivity (Wildman–Crippen MR) is 138 cm³/mol. The summed E-state index contributed by atoms with van der Waals surface area (Å²) in [5, 5.41) is 7.18. The molecule has 1 aliphatic rings. The third-order valence-corrected chi connectivity index (χ3v) is 6.69. The Kier molecular flexibility index (Phi) is 6.96. The second-order valence-corrected chi connectivity index (χ2v) is 9.11. The first-order valence-corrected chi connectivity index (χ1v) is 12.1. The third kappa shape index (κ3) is 5.47. The molecule has 0 amide bonds. The Morgan fingerprint density at radius 1 is 1.06 bits per heavy atom. The molecule has 2 aromatic heterocycles. The molecule has 4 aromatic rings. The maximum atomic E-state index is 13.4. The van der Waals surface area contributed by atoms with Crippen molar-refractivity contribution in [2.24, 2.45) is 0 Å². The van der Waals surface area contributed by atoms with E-state index in [1.165, 1.54) is 18.5 Å². The van der Waals surface area contributed by atoms with Crippen LogP contribution in [0.5, 0.6) is 0 Å². The first kappa shape index (κ1) is 23.3. The fourth-order valence-electron chi connectivity index (χ4n) is 4.45. The summed E-state index contributed by atoms with van der Waals surface area (Å²) >= 11 is 5.96. The number of imidazole rings is 1. The van der Waals surface area contributed by atoms with Crippen molar-refractivity contribution < 1.29 is 4.39 Å². The number of fused-ring (bicyclic) bond motifs is 1. The lowest BCUT2D eigenvalue weighted by Gasteiger charge is -2.32. The normalized spacial score (nSPS) is 14.9. The number of halogens is 2. The van der Waals surface area contributed by atoms with E-state index in [1.807, 2.05) is 30.3 Å². The van der Waals surface area contributed by atoms with Gasteiger partial charge in [-0.15, -0.1) is 0 Å². The summed E-state index contributed by atoms with van der Waals surface area (Å²) in [6.07, 6.45) is 3.43. The van der Waals surface area contributed by atoms with Gasteiger partial charge in [-0.1, -0.05) is 35.9 Å². The number of piperidine rings is 1. The van der Waals surface area contributed by atoms with Crippen molar-refractivity contribution in [3.8, 4) is 0 Å². The largest absolute Gasteiger partial charge is 0.393 e. The summed E-state index contributed by atoms with van der Waals surface area (Å²) < 4.78 is 15.6. The van der Waals surface area contributed by atoms with Crippen LogP contribution in [0.2, 0.25) is 5.15 Å². The number of nitrogen functional groups attached to an aromatic ring is 1. The zero-order valence-electron chi connectivity index (χ0n) is 19.3. The number of benzene rings is 2. The number of nitrogens with zero attached hydrogens (tertiary/aromatic N) is 5. The average Bonchev–Trinajstić information content (AvgIpc) is 3.21. The maximum Gasteiger partial charge on any atom is 0.204 e. The minimum atomic E-state index is -0.228. The monoisotopic (exact) mass is 494 g/mol. The highest BCUT2D eigenvalue weighted by Gasteiger charge is 2.21. The van der Waals surface area contributed by atoms with Crippen LogP contribution in [0.4, 0.5) is 21.8 Å². The summed E-state index contributed by atoms with van der Waals surface area (Å²) in [5.74, 6) is 1.20. The van der Waals surface area contributed by atoms with Crippen LogP contribution in [0.15, 0.2) is 54.9 Å². The minimum absolute atomic E-state index is 0.228. The van der Waals surface area contributed by atoms with E-state index in [-0.39, 0.29) is 11.0 Å². The Balaban J connectivity index is 1.19.